The molecule has 0 bridgehead atoms. The molecule has 0 N–H and O–H groups in total. The summed E-state index contributed by atoms with van der Waals surface area (Å²) in [7, 11) is 0. The van der Waals surface area contributed by atoms with E-state index in [4.69, 9.17) is 0 Å². The highest BCUT2D eigenvalue weighted by atomic mass is 15.1. The average molecular weight is 235 g/mol. The van der Waals surface area contributed by atoms with E-state index in [1.165, 1.54) is 16.7 Å². The van der Waals surface area contributed by atoms with Crippen LogP contribution in [0.3, 0.4) is 0 Å². The van der Waals surface area contributed by atoms with Gasteiger partial charge < -0.3 is 4.90 Å². The van der Waals surface area contributed by atoms with Crippen LogP contribution in [0, 0.1) is 0 Å². The molecule has 0 aliphatic carbocycles. The van der Waals surface area contributed by atoms with Gasteiger partial charge >= 0.3 is 0 Å². The lowest BCUT2D eigenvalue weighted by molar-refractivity contribution is 0.427. The second-order valence-corrected chi connectivity index (χ2v) is 4.82. The Balaban J connectivity index is 1.91. The smallest absolute Gasteiger partial charge is 0.0554 e. The number of hydrogen-bond acceptors (Lipinski definition) is 1. The van der Waals surface area contributed by atoms with E-state index in [0.29, 0.717) is 6.04 Å². The van der Waals surface area contributed by atoms with Crippen molar-refractivity contribution in [3.63, 3.8) is 0 Å². The van der Waals surface area contributed by atoms with Gasteiger partial charge in [-0.15, -0.1) is 0 Å². The van der Waals surface area contributed by atoms with Gasteiger partial charge in [-0.05, 0) is 36.6 Å². The third kappa shape index (κ3) is 2.17. The van der Waals surface area contributed by atoms with Crippen molar-refractivity contribution in [3.8, 4) is 0 Å². The first-order valence-electron chi connectivity index (χ1n) is 6.41. The zero-order valence-electron chi connectivity index (χ0n) is 10.6. The van der Waals surface area contributed by atoms with E-state index in [1.54, 1.807) is 0 Å². The SMILES string of the molecule is CC1=CC[C@@H]2C=C(c3ccccc3)C=CN2C=C1. The second-order valence-electron chi connectivity index (χ2n) is 4.82. The molecule has 0 saturated heterocycles. The highest BCUT2D eigenvalue weighted by molar-refractivity contribution is 5.75. The number of fused-ring (bicyclic) bond motifs is 1. The molecule has 1 atom stereocenters. The van der Waals surface area contributed by atoms with Gasteiger partial charge in [0.15, 0.2) is 0 Å². The van der Waals surface area contributed by atoms with Crippen LogP contribution in [0.4, 0.5) is 0 Å². The van der Waals surface area contributed by atoms with Gasteiger partial charge in [0.05, 0.1) is 6.04 Å². The van der Waals surface area contributed by atoms with E-state index >= 15 is 0 Å². The number of nitrogens with zero attached hydrogens (tertiary/aromatic N) is 1. The van der Waals surface area contributed by atoms with Crippen molar-refractivity contribution in [1.82, 2.24) is 4.90 Å². The molecule has 0 radical (unpaired) electrons. The first kappa shape index (κ1) is 11.1. The summed E-state index contributed by atoms with van der Waals surface area (Å²) < 4.78 is 0. The Labute approximate surface area is 108 Å². The lowest BCUT2D eigenvalue weighted by Crippen LogP contribution is -2.25. The molecule has 2 aliphatic heterocycles. The Bertz CT molecular complexity index is 546. The zero-order valence-corrected chi connectivity index (χ0v) is 10.6. The van der Waals surface area contributed by atoms with Crippen LogP contribution in [0.1, 0.15) is 18.9 Å². The molecule has 0 fully saturated rings. The maximum absolute atomic E-state index is 2.36. The summed E-state index contributed by atoms with van der Waals surface area (Å²) in [6.07, 6.45) is 14.4. The normalized spacial score (nSPS) is 22.1. The van der Waals surface area contributed by atoms with E-state index in [1.807, 2.05) is 0 Å². The first-order valence-corrected chi connectivity index (χ1v) is 6.41. The van der Waals surface area contributed by atoms with Crippen molar-refractivity contribution in [3.05, 3.63) is 78.2 Å². The minimum Gasteiger partial charge on any atom is -0.347 e. The van der Waals surface area contributed by atoms with Crippen molar-refractivity contribution in [1.29, 1.82) is 0 Å². The van der Waals surface area contributed by atoms with Gasteiger partial charge in [0.25, 0.3) is 0 Å². The quantitative estimate of drug-likeness (QED) is 0.707. The first-order chi connectivity index (χ1) is 8.83. The Morgan fingerprint density at radius 2 is 1.83 bits per heavy atom. The number of hydrogen-bond donors (Lipinski definition) is 0. The number of rotatable bonds is 1. The maximum Gasteiger partial charge on any atom is 0.0554 e. The van der Waals surface area contributed by atoms with Crippen LogP contribution in [0.15, 0.2) is 72.6 Å². The largest absolute Gasteiger partial charge is 0.347 e. The maximum atomic E-state index is 2.36. The average Bonchev–Trinajstić information content (AvgIpc) is 2.62. The third-order valence-electron chi connectivity index (χ3n) is 3.48. The molecule has 2 aliphatic rings. The van der Waals surface area contributed by atoms with Gasteiger partial charge in [-0.2, -0.15) is 0 Å². The molecule has 1 nitrogen and oxygen atoms in total. The Morgan fingerprint density at radius 3 is 2.67 bits per heavy atom. The molecule has 1 aromatic carbocycles. The van der Waals surface area contributed by atoms with E-state index in [9.17, 15) is 0 Å². The molecule has 90 valence electrons. The van der Waals surface area contributed by atoms with Gasteiger partial charge in [0, 0.05) is 12.4 Å². The highest BCUT2D eigenvalue weighted by Crippen LogP contribution is 2.26. The van der Waals surface area contributed by atoms with E-state index in [0.717, 1.165) is 6.42 Å². The summed E-state index contributed by atoms with van der Waals surface area (Å²) in [6.45, 7) is 2.15. The third-order valence-corrected chi connectivity index (χ3v) is 3.48. The van der Waals surface area contributed by atoms with Crippen molar-refractivity contribution < 1.29 is 0 Å². The lowest BCUT2D eigenvalue weighted by Gasteiger charge is -2.27. The Kier molecular flexibility index (Phi) is 2.89. The van der Waals surface area contributed by atoms with Crippen LogP contribution < -0.4 is 0 Å². The minimum atomic E-state index is 0.443. The topological polar surface area (TPSA) is 3.24 Å². The van der Waals surface area contributed by atoms with Crippen LogP contribution in [0.5, 0.6) is 0 Å². The predicted molar refractivity (Wildman–Crippen MR) is 76.7 cm³/mol. The second kappa shape index (κ2) is 4.69. The molecule has 18 heavy (non-hydrogen) atoms. The van der Waals surface area contributed by atoms with Crippen LogP contribution >= 0.6 is 0 Å². The Hall–Kier alpha value is -2.02. The van der Waals surface area contributed by atoms with Gasteiger partial charge in [-0.25, -0.2) is 0 Å². The molecule has 1 heteroatoms. The summed E-state index contributed by atoms with van der Waals surface area (Å²) >= 11 is 0. The van der Waals surface area contributed by atoms with Gasteiger partial charge in [0.1, 0.15) is 0 Å². The molecule has 0 amide bonds. The molecule has 0 unspecified atom stereocenters. The van der Waals surface area contributed by atoms with Crippen LogP contribution in [0.25, 0.3) is 5.57 Å². The summed E-state index contributed by atoms with van der Waals surface area (Å²) in [5.41, 5.74) is 3.95. The molecule has 0 aromatic heterocycles. The fraction of sp³-hybridized carbons (Fsp3) is 0.176. The van der Waals surface area contributed by atoms with E-state index in [-0.39, 0.29) is 0 Å². The monoisotopic (exact) mass is 235 g/mol. The summed E-state index contributed by atoms with van der Waals surface area (Å²) in [6, 6.07) is 11.0. The summed E-state index contributed by atoms with van der Waals surface area (Å²) in [5, 5.41) is 0. The highest BCUT2D eigenvalue weighted by Gasteiger charge is 2.16. The van der Waals surface area contributed by atoms with Crippen LogP contribution in [-0.2, 0) is 0 Å². The van der Waals surface area contributed by atoms with Crippen molar-refractivity contribution in [2.24, 2.45) is 0 Å². The van der Waals surface area contributed by atoms with Crippen LogP contribution in [-0.4, -0.2) is 10.9 Å². The van der Waals surface area contributed by atoms with Crippen LogP contribution in [0.2, 0.25) is 0 Å². The van der Waals surface area contributed by atoms with Crippen molar-refractivity contribution in [2.45, 2.75) is 19.4 Å². The number of benzene rings is 1. The van der Waals surface area contributed by atoms with Gasteiger partial charge in [0.2, 0.25) is 0 Å². The molecule has 2 heterocycles. The van der Waals surface area contributed by atoms with E-state index in [2.05, 4.69) is 78.9 Å². The molecular weight excluding hydrogens is 218 g/mol. The van der Waals surface area contributed by atoms with Crippen molar-refractivity contribution >= 4 is 5.57 Å². The molecule has 0 spiro atoms. The van der Waals surface area contributed by atoms with Gasteiger partial charge in [-0.1, -0.05) is 48.1 Å². The molecule has 0 saturated carbocycles. The Morgan fingerprint density at radius 1 is 1.06 bits per heavy atom. The summed E-state index contributed by atoms with van der Waals surface area (Å²) in [4.78, 5) is 2.28. The molecule has 1 aromatic rings. The van der Waals surface area contributed by atoms with Gasteiger partial charge in [-0.3, -0.25) is 0 Å². The standard InChI is InChI=1S/C17H17N/c1-14-7-8-17-13-16(10-12-18(17)11-9-14)15-5-3-2-4-6-15/h2-7,9-13,17H,8H2,1H3/t17-/m1/s1. The zero-order chi connectivity index (χ0) is 12.4. The molecule has 3 rings (SSSR count). The number of allylic oxidation sites excluding steroid dienone is 4. The molecular formula is C17H17N. The van der Waals surface area contributed by atoms with Crippen molar-refractivity contribution in [2.75, 3.05) is 0 Å². The predicted octanol–water partition coefficient (Wildman–Crippen LogP) is 4.13. The summed E-state index contributed by atoms with van der Waals surface area (Å²) in [5.74, 6) is 0. The fourth-order valence-corrected chi connectivity index (χ4v) is 2.38. The minimum absolute atomic E-state index is 0.443. The lowest BCUT2D eigenvalue weighted by atomic mass is 9.99. The fourth-order valence-electron chi connectivity index (χ4n) is 2.38. The van der Waals surface area contributed by atoms with E-state index < -0.39 is 0 Å².